The second-order valence-electron chi connectivity index (χ2n) is 13.1. The van der Waals surface area contributed by atoms with E-state index in [1.54, 1.807) is 6.07 Å². The van der Waals surface area contributed by atoms with E-state index >= 15 is 0 Å². The molecule has 0 bridgehead atoms. The lowest BCUT2D eigenvalue weighted by molar-refractivity contribution is -0.00836. The first kappa shape index (κ1) is 27.3. The van der Waals surface area contributed by atoms with Crippen molar-refractivity contribution in [3.05, 3.63) is 46.7 Å². The molecule has 4 heterocycles. The number of aromatic hydroxyl groups is 1. The van der Waals surface area contributed by atoms with E-state index in [0.29, 0.717) is 18.2 Å². The molecule has 8 nitrogen and oxygen atoms in total. The van der Waals surface area contributed by atoms with Gasteiger partial charge in [-0.3, -0.25) is 14.8 Å². The predicted octanol–water partition coefficient (Wildman–Crippen LogP) is 5.48. The van der Waals surface area contributed by atoms with Crippen LogP contribution in [0.2, 0.25) is 0 Å². The van der Waals surface area contributed by atoms with Crippen molar-refractivity contribution in [1.82, 2.24) is 20.0 Å². The second-order valence-corrected chi connectivity index (χ2v) is 13.1. The number of H-pyrrole nitrogens is 1. The summed E-state index contributed by atoms with van der Waals surface area (Å²) in [4.78, 5) is 18.8. The minimum absolute atomic E-state index is 0.0355. The van der Waals surface area contributed by atoms with E-state index in [0.717, 1.165) is 81.2 Å². The van der Waals surface area contributed by atoms with Crippen molar-refractivity contribution in [2.24, 2.45) is 5.92 Å². The summed E-state index contributed by atoms with van der Waals surface area (Å²) >= 11 is 0. The first-order valence-electron chi connectivity index (χ1n) is 15.9. The van der Waals surface area contributed by atoms with Gasteiger partial charge < -0.3 is 19.5 Å². The fourth-order valence-corrected chi connectivity index (χ4v) is 7.59. The molecular formula is C33H44N4O4. The molecule has 41 heavy (non-hydrogen) atoms. The van der Waals surface area contributed by atoms with Gasteiger partial charge in [0, 0.05) is 43.4 Å². The summed E-state index contributed by atoms with van der Waals surface area (Å²) in [5.74, 6) is -0.0695. The molecule has 3 fully saturated rings. The third-order valence-electron chi connectivity index (χ3n) is 10.0. The highest BCUT2D eigenvalue weighted by Crippen LogP contribution is 2.41. The molecule has 0 radical (unpaired) electrons. The number of carbonyl (C=O) groups is 1. The van der Waals surface area contributed by atoms with Gasteiger partial charge in [-0.15, -0.1) is 0 Å². The Hall–Kier alpha value is -2.52. The molecule has 4 unspecified atom stereocenters. The summed E-state index contributed by atoms with van der Waals surface area (Å²) < 4.78 is 12.2. The normalized spacial score (nSPS) is 30.7. The number of nitrogens with zero attached hydrogens (tertiary/aromatic N) is 3. The number of ether oxygens (including phenoxy) is 2. The third kappa shape index (κ3) is 5.76. The zero-order valence-corrected chi connectivity index (χ0v) is 24.4. The zero-order valence-electron chi connectivity index (χ0n) is 24.4. The van der Waals surface area contributed by atoms with Crippen LogP contribution >= 0.6 is 0 Å². The number of likely N-dealkylation sites (tertiary alicyclic amines) is 2. The monoisotopic (exact) mass is 560 g/mol. The van der Waals surface area contributed by atoms with Crippen LogP contribution in [0.15, 0.2) is 35.4 Å². The summed E-state index contributed by atoms with van der Waals surface area (Å²) in [5, 5.41) is 19.4. The highest BCUT2D eigenvalue weighted by Gasteiger charge is 2.46. The fraction of sp³-hybridized carbons (Fsp3) is 0.636. The molecule has 0 spiro atoms. The van der Waals surface area contributed by atoms with Crippen molar-refractivity contribution in [1.29, 1.82) is 0 Å². The van der Waals surface area contributed by atoms with Crippen LogP contribution in [0.5, 0.6) is 5.75 Å². The number of rotatable bonds is 8. The molecule has 2 N–H and O–H groups in total. The topological polar surface area (TPSA) is 94.2 Å². The minimum Gasteiger partial charge on any atom is -0.507 e. The zero-order chi connectivity index (χ0) is 28.0. The molecule has 2 aliphatic carbocycles. The second kappa shape index (κ2) is 11.3. The van der Waals surface area contributed by atoms with Gasteiger partial charge in [0.1, 0.15) is 12.0 Å². The van der Waals surface area contributed by atoms with Crippen molar-refractivity contribution in [2.75, 3.05) is 32.8 Å². The number of benzene rings is 1. The largest absolute Gasteiger partial charge is 0.507 e. The maximum atomic E-state index is 13.9. The molecule has 2 aromatic rings. The summed E-state index contributed by atoms with van der Waals surface area (Å²) in [6, 6.07) is 3.53. The third-order valence-corrected chi connectivity index (χ3v) is 10.0. The molecule has 4 atom stereocenters. The fourth-order valence-electron chi connectivity index (χ4n) is 7.59. The quantitative estimate of drug-likeness (QED) is 0.326. The number of phenolic OH excluding ortho intramolecular Hbond substituents is 1. The van der Waals surface area contributed by atoms with Gasteiger partial charge >= 0.3 is 0 Å². The van der Waals surface area contributed by atoms with Gasteiger partial charge in [0.2, 0.25) is 0 Å². The molecule has 7 rings (SSSR count). The van der Waals surface area contributed by atoms with E-state index in [9.17, 15) is 9.90 Å². The lowest BCUT2D eigenvalue weighted by Gasteiger charge is -2.34. The van der Waals surface area contributed by atoms with Gasteiger partial charge in [-0.1, -0.05) is 24.1 Å². The van der Waals surface area contributed by atoms with Crippen LogP contribution < -0.4 is 0 Å². The van der Waals surface area contributed by atoms with E-state index < -0.39 is 0 Å². The number of epoxide rings is 1. The lowest BCUT2D eigenvalue weighted by Crippen LogP contribution is -2.36. The number of nitrogens with one attached hydrogen (secondary N) is 1. The summed E-state index contributed by atoms with van der Waals surface area (Å²) in [6.45, 7) is 8.03. The molecular weight excluding hydrogens is 516 g/mol. The molecule has 1 aromatic carbocycles. The standard InChI is InChI=1S/C33H44N4O4/c1-33(40-16-15-36-12-3-2-4-13-36)11-10-22-17-23(7-5-8-24(22)20-33)31(39)26-18-25-27(19-29(26)38)34-35-28(25)21-37-14-6-9-30-32(37)41-30/h10-11,18-19,23,30,32,38H,2-9,12-17,20-21H2,1H3,(H,34,35). The number of allylic oxidation sites excluding steroid dienone is 2. The van der Waals surface area contributed by atoms with Crippen LogP contribution in [-0.2, 0) is 16.0 Å². The van der Waals surface area contributed by atoms with E-state index in [1.807, 2.05) is 6.07 Å². The smallest absolute Gasteiger partial charge is 0.170 e. The number of fused-ring (bicyclic) bond motifs is 2. The highest BCUT2D eigenvalue weighted by molar-refractivity contribution is 6.04. The van der Waals surface area contributed by atoms with Crippen molar-refractivity contribution in [3.63, 3.8) is 0 Å². The van der Waals surface area contributed by atoms with Gasteiger partial charge in [0.15, 0.2) is 5.78 Å². The van der Waals surface area contributed by atoms with Crippen molar-refractivity contribution in [3.8, 4) is 5.75 Å². The van der Waals surface area contributed by atoms with Gasteiger partial charge in [0.25, 0.3) is 0 Å². The Morgan fingerprint density at radius 1 is 1.17 bits per heavy atom. The Balaban J connectivity index is 1.03. The number of carbonyl (C=O) groups excluding carboxylic acids is 1. The number of Topliss-reactive ketones (excluding diaryl/α,β-unsaturated/α-hetero) is 1. The Morgan fingerprint density at radius 2 is 2.05 bits per heavy atom. The summed E-state index contributed by atoms with van der Waals surface area (Å²) in [6.07, 6.45) is 15.7. The Kier molecular flexibility index (Phi) is 7.52. The van der Waals surface area contributed by atoms with Crippen molar-refractivity contribution < 1.29 is 19.4 Å². The van der Waals surface area contributed by atoms with Gasteiger partial charge in [-0.2, -0.15) is 5.10 Å². The molecule has 3 saturated heterocycles. The van der Waals surface area contributed by atoms with E-state index in [-0.39, 0.29) is 29.3 Å². The summed E-state index contributed by atoms with van der Waals surface area (Å²) in [7, 11) is 0. The van der Waals surface area contributed by atoms with Crippen LogP contribution in [0, 0.1) is 5.92 Å². The van der Waals surface area contributed by atoms with Crippen LogP contribution in [-0.4, -0.2) is 81.6 Å². The Labute approximate surface area is 242 Å². The average Bonchev–Trinajstić information content (AvgIpc) is 3.72. The number of aromatic amines is 1. The molecule has 0 amide bonds. The maximum Gasteiger partial charge on any atom is 0.170 e. The van der Waals surface area contributed by atoms with E-state index in [4.69, 9.17) is 9.47 Å². The minimum atomic E-state index is -0.278. The van der Waals surface area contributed by atoms with Gasteiger partial charge in [-0.25, -0.2) is 0 Å². The number of piperidine rings is 2. The molecule has 0 saturated carbocycles. The van der Waals surface area contributed by atoms with E-state index in [1.165, 1.54) is 43.5 Å². The number of phenols is 1. The average molecular weight is 561 g/mol. The first-order chi connectivity index (χ1) is 20.0. The predicted molar refractivity (Wildman–Crippen MR) is 158 cm³/mol. The Bertz CT molecular complexity index is 1360. The van der Waals surface area contributed by atoms with Gasteiger partial charge in [-0.05, 0) is 83.0 Å². The number of hydrogen-bond acceptors (Lipinski definition) is 7. The van der Waals surface area contributed by atoms with Crippen LogP contribution in [0.3, 0.4) is 0 Å². The number of ketones is 1. The van der Waals surface area contributed by atoms with Crippen LogP contribution in [0.25, 0.3) is 10.9 Å². The lowest BCUT2D eigenvalue weighted by atomic mass is 9.83. The SMILES string of the molecule is CC1(OCCN2CCCCC2)C=CC2=C(CCCC(C(=O)c3cc4c(CN5CCCC6OC65)n[nH]c4cc3O)C2)C1. The van der Waals surface area contributed by atoms with Crippen LogP contribution in [0.4, 0.5) is 0 Å². The molecule has 1 aromatic heterocycles. The van der Waals surface area contributed by atoms with Crippen LogP contribution in [0.1, 0.15) is 87.2 Å². The van der Waals surface area contributed by atoms with E-state index in [2.05, 4.69) is 39.1 Å². The highest BCUT2D eigenvalue weighted by atomic mass is 16.6. The number of hydrogen-bond donors (Lipinski definition) is 2. The molecule has 5 aliphatic rings. The molecule has 3 aliphatic heterocycles. The van der Waals surface area contributed by atoms with Crippen molar-refractivity contribution >= 4 is 16.7 Å². The number of aromatic nitrogens is 2. The first-order valence-corrected chi connectivity index (χ1v) is 15.9. The Morgan fingerprint density at radius 3 is 2.93 bits per heavy atom. The molecule has 8 heteroatoms. The summed E-state index contributed by atoms with van der Waals surface area (Å²) in [5.41, 5.74) is 4.53. The molecule has 220 valence electrons. The van der Waals surface area contributed by atoms with Gasteiger partial charge in [0.05, 0.1) is 35.1 Å². The maximum absolute atomic E-state index is 13.9. The van der Waals surface area contributed by atoms with Crippen molar-refractivity contribution in [2.45, 2.75) is 95.6 Å².